The van der Waals surface area contributed by atoms with E-state index in [4.69, 9.17) is 12.2 Å². The predicted molar refractivity (Wildman–Crippen MR) is 115 cm³/mol. The van der Waals surface area contributed by atoms with Gasteiger partial charge in [0.15, 0.2) is 5.11 Å². The summed E-state index contributed by atoms with van der Waals surface area (Å²) >= 11 is 5.33. The Labute approximate surface area is 177 Å². The van der Waals surface area contributed by atoms with Gasteiger partial charge in [-0.25, -0.2) is 8.78 Å². The highest BCUT2D eigenvalue weighted by atomic mass is 32.1. The first-order chi connectivity index (χ1) is 14.5. The molecule has 4 aromatic rings. The fraction of sp³-hybridized carbons (Fsp3) is 0.0952. The first-order valence-corrected chi connectivity index (χ1v) is 9.57. The van der Waals surface area contributed by atoms with E-state index in [1.807, 2.05) is 0 Å². The molecule has 0 radical (unpaired) electrons. The summed E-state index contributed by atoms with van der Waals surface area (Å²) in [5.41, 5.74) is 2.89. The van der Waals surface area contributed by atoms with Crippen LogP contribution < -0.4 is 10.6 Å². The second-order valence-electron chi connectivity index (χ2n) is 6.65. The van der Waals surface area contributed by atoms with E-state index in [-0.39, 0.29) is 11.6 Å². The molecule has 0 saturated carbocycles. The zero-order chi connectivity index (χ0) is 20.9. The van der Waals surface area contributed by atoms with Crippen molar-refractivity contribution in [2.45, 2.75) is 13.1 Å². The van der Waals surface area contributed by atoms with Gasteiger partial charge in [0.2, 0.25) is 0 Å². The van der Waals surface area contributed by atoms with Crippen molar-refractivity contribution in [1.29, 1.82) is 0 Å². The Morgan fingerprint density at radius 3 is 2.07 bits per heavy atom. The Hall–Kier alpha value is -3.59. The number of aromatic nitrogens is 4. The van der Waals surface area contributed by atoms with Gasteiger partial charge in [-0.05, 0) is 36.0 Å². The van der Waals surface area contributed by atoms with Crippen molar-refractivity contribution >= 4 is 28.7 Å². The average Bonchev–Trinajstić information content (AvgIpc) is 3.35. The first-order valence-electron chi connectivity index (χ1n) is 9.16. The summed E-state index contributed by atoms with van der Waals surface area (Å²) in [6.07, 6.45) is 6.82. The standard InChI is InChI=1S/C21H18F2N6S/c22-17-7-5-15(6-8-17)11-28-13-18(9-24-28)26-21(30)27-19-10-25-29(14-19)12-16-3-1-2-4-20(16)23/h1-10,13-14H,11-12H2,(H2,26,27,30). The third kappa shape index (κ3) is 5.06. The van der Waals surface area contributed by atoms with Crippen LogP contribution >= 0.6 is 12.2 Å². The summed E-state index contributed by atoms with van der Waals surface area (Å²) < 4.78 is 30.1. The van der Waals surface area contributed by atoms with Gasteiger partial charge in [0.1, 0.15) is 11.6 Å². The van der Waals surface area contributed by atoms with Gasteiger partial charge in [0.25, 0.3) is 0 Å². The van der Waals surface area contributed by atoms with E-state index in [9.17, 15) is 8.78 Å². The molecule has 0 aliphatic heterocycles. The summed E-state index contributed by atoms with van der Waals surface area (Å²) in [5, 5.41) is 15.0. The molecule has 152 valence electrons. The maximum Gasteiger partial charge on any atom is 0.175 e. The molecular formula is C21H18F2N6S. The van der Waals surface area contributed by atoms with Crippen molar-refractivity contribution in [3.63, 3.8) is 0 Å². The van der Waals surface area contributed by atoms with Gasteiger partial charge in [0, 0.05) is 18.0 Å². The molecule has 0 unspecified atom stereocenters. The van der Waals surface area contributed by atoms with Crippen molar-refractivity contribution in [2.75, 3.05) is 10.6 Å². The van der Waals surface area contributed by atoms with Gasteiger partial charge in [-0.15, -0.1) is 0 Å². The maximum atomic E-state index is 13.8. The number of hydrogen-bond donors (Lipinski definition) is 2. The minimum atomic E-state index is -0.268. The smallest absolute Gasteiger partial charge is 0.175 e. The molecule has 0 amide bonds. The Morgan fingerprint density at radius 2 is 1.43 bits per heavy atom. The second kappa shape index (κ2) is 8.83. The minimum absolute atomic E-state index is 0.266. The van der Waals surface area contributed by atoms with Crippen molar-refractivity contribution in [2.24, 2.45) is 0 Å². The fourth-order valence-electron chi connectivity index (χ4n) is 2.90. The Bertz CT molecular complexity index is 1150. The minimum Gasteiger partial charge on any atom is -0.330 e. The SMILES string of the molecule is Fc1ccc(Cn2cc(NC(=S)Nc3cnn(Cc4ccccc4F)c3)cn2)cc1. The number of nitrogens with zero attached hydrogens (tertiary/aromatic N) is 4. The van der Waals surface area contributed by atoms with Crippen molar-refractivity contribution < 1.29 is 8.78 Å². The molecule has 30 heavy (non-hydrogen) atoms. The zero-order valence-corrected chi connectivity index (χ0v) is 16.6. The number of benzene rings is 2. The molecule has 2 aromatic heterocycles. The second-order valence-corrected chi connectivity index (χ2v) is 7.06. The van der Waals surface area contributed by atoms with Crippen molar-refractivity contribution in [3.8, 4) is 0 Å². The molecular weight excluding hydrogens is 406 g/mol. The molecule has 0 fully saturated rings. The molecule has 0 spiro atoms. The Kier molecular flexibility index (Phi) is 5.80. The summed E-state index contributed by atoms with van der Waals surface area (Å²) in [6, 6.07) is 12.9. The lowest BCUT2D eigenvalue weighted by atomic mass is 10.2. The van der Waals surface area contributed by atoms with Crippen LogP contribution in [0.15, 0.2) is 73.3 Å². The van der Waals surface area contributed by atoms with E-state index in [1.54, 1.807) is 64.5 Å². The largest absolute Gasteiger partial charge is 0.330 e. The molecule has 0 aliphatic carbocycles. The van der Waals surface area contributed by atoms with Crippen LogP contribution in [0.1, 0.15) is 11.1 Å². The molecule has 2 heterocycles. The fourth-order valence-corrected chi connectivity index (χ4v) is 3.14. The molecule has 4 rings (SSSR count). The van der Waals surface area contributed by atoms with Crippen LogP contribution in [0, 0.1) is 11.6 Å². The lowest BCUT2D eigenvalue weighted by Gasteiger charge is -2.07. The third-order valence-corrected chi connectivity index (χ3v) is 4.53. The van der Waals surface area contributed by atoms with Crippen LogP contribution in [0.3, 0.4) is 0 Å². The van der Waals surface area contributed by atoms with Gasteiger partial charge < -0.3 is 10.6 Å². The molecule has 0 saturated heterocycles. The van der Waals surface area contributed by atoms with Gasteiger partial charge in [0.05, 0.1) is 36.9 Å². The van der Waals surface area contributed by atoms with Crippen LogP contribution in [0.4, 0.5) is 20.2 Å². The quantitative estimate of drug-likeness (QED) is 0.453. The van der Waals surface area contributed by atoms with E-state index in [1.165, 1.54) is 18.2 Å². The molecule has 6 nitrogen and oxygen atoms in total. The van der Waals surface area contributed by atoms with E-state index in [2.05, 4.69) is 20.8 Å². The highest BCUT2D eigenvalue weighted by Gasteiger charge is 2.07. The maximum absolute atomic E-state index is 13.8. The van der Waals surface area contributed by atoms with E-state index in [0.29, 0.717) is 35.1 Å². The topological polar surface area (TPSA) is 59.7 Å². The van der Waals surface area contributed by atoms with Gasteiger partial charge in [-0.3, -0.25) is 9.36 Å². The molecule has 0 atom stereocenters. The monoisotopic (exact) mass is 424 g/mol. The average molecular weight is 424 g/mol. The molecule has 0 bridgehead atoms. The Balaban J connectivity index is 1.32. The lowest BCUT2D eigenvalue weighted by molar-refractivity contribution is 0.585. The van der Waals surface area contributed by atoms with E-state index in [0.717, 1.165) is 5.56 Å². The molecule has 2 aromatic carbocycles. The highest BCUT2D eigenvalue weighted by molar-refractivity contribution is 7.80. The van der Waals surface area contributed by atoms with Gasteiger partial charge in [-0.2, -0.15) is 10.2 Å². The normalized spacial score (nSPS) is 10.7. The van der Waals surface area contributed by atoms with Crippen LogP contribution in [0.2, 0.25) is 0 Å². The number of anilines is 2. The highest BCUT2D eigenvalue weighted by Crippen LogP contribution is 2.13. The molecule has 9 heteroatoms. The van der Waals surface area contributed by atoms with E-state index < -0.39 is 0 Å². The van der Waals surface area contributed by atoms with Gasteiger partial charge >= 0.3 is 0 Å². The lowest BCUT2D eigenvalue weighted by Crippen LogP contribution is -2.18. The number of thiocarbonyl (C=S) groups is 1. The molecule has 0 aliphatic rings. The van der Waals surface area contributed by atoms with E-state index >= 15 is 0 Å². The first kappa shape index (κ1) is 19.7. The van der Waals surface area contributed by atoms with Crippen LogP contribution in [-0.2, 0) is 13.1 Å². The van der Waals surface area contributed by atoms with Crippen LogP contribution in [-0.4, -0.2) is 24.7 Å². The summed E-state index contributed by atoms with van der Waals surface area (Å²) in [6.45, 7) is 0.843. The zero-order valence-electron chi connectivity index (χ0n) is 15.8. The Morgan fingerprint density at radius 1 is 0.833 bits per heavy atom. The van der Waals surface area contributed by atoms with Crippen molar-refractivity contribution in [1.82, 2.24) is 19.6 Å². The molecule has 2 N–H and O–H groups in total. The number of rotatable bonds is 6. The van der Waals surface area contributed by atoms with Gasteiger partial charge in [-0.1, -0.05) is 30.3 Å². The number of nitrogens with one attached hydrogen (secondary N) is 2. The van der Waals surface area contributed by atoms with Crippen LogP contribution in [0.25, 0.3) is 0 Å². The predicted octanol–water partition coefficient (Wildman–Crippen LogP) is 4.26. The summed E-state index contributed by atoms with van der Waals surface area (Å²) in [5.74, 6) is -0.535. The summed E-state index contributed by atoms with van der Waals surface area (Å²) in [7, 11) is 0. The summed E-state index contributed by atoms with van der Waals surface area (Å²) in [4.78, 5) is 0. The van der Waals surface area contributed by atoms with Crippen molar-refractivity contribution in [3.05, 3.63) is 96.1 Å². The number of hydrogen-bond acceptors (Lipinski definition) is 3. The number of halogens is 2. The van der Waals surface area contributed by atoms with Crippen LogP contribution in [0.5, 0.6) is 0 Å². The third-order valence-electron chi connectivity index (χ3n) is 4.33.